The number of aromatic amines is 1. The second-order valence-corrected chi connectivity index (χ2v) is 7.95. The van der Waals surface area contributed by atoms with Crippen molar-refractivity contribution < 1.29 is 44.6 Å². The number of rotatable bonds is 8. The van der Waals surface area contributed by atoms with Gasteiger partial charge in [-0.2, -0.15) is 0 Å². The second-order valence-electron chi connectivity index (χ2n) is 7.95. The third-order valence-electron chi connectivity index (χ3n) is 5.77. The summed E-state index contributed by atoms with van der Waals surface area (Å²) in [6.45, 7) is -1.23. The first-order valence-electron chi connectivity index (χ1n) is 10.1. The van der Waals surface area contributed by atoms with E-state index < -0.39 is 60.8 Å². The maximum Gasteiger partial charge on any atom is 0.332 e. The molecule has 0 saturated carbocycles. The summed E-state index contributed by atoms with van der Waals surface area (Å²) in [6.07, 6.45) is -3.15. The lowest BCUT2D eigenvalue weighted by Crippen LogP contribution is -2.68. The Balaban J connectivity index is 2.14. The van der Waals surface area contributed by atoms with E-state index in [0.717, 1.165) is 6.20 Å². The van der Waals surface area contributed by atoms with E-state index in [0.29, 0.717) is 0 Å². The van der Waals surface area contributed by atoms with Crippen molar-refractivity contribution in [1.82, 2.24) is 14.6 Å². The van der Waals surface area contributed by atoms with Crippen molar-refractivity contribution in [2.24, 2.45) is 0 Å². The van der Waals surface area contributed by atoms with E-state index in [-0.39, 0.29) is 32.3 Å². The van der Waals surface area contributed by atoms with Crippen LogP contribution in [-0.4, -0.2) is 83.7 Å². The van der Waals surface area contributed by atoms with Gasteiger partial charge in [0.1, 0.15) is 12.2 Å². The van der Waals surface area contributed by atoms with Gasteiger partial charge in [-0.15, -0.1) is 5.06 Å². The third-order valence-corrected chi connectivity index (χ3v) is 5.77. The van der Waals surface area contributed by atoms with Gasteiger partial charge in [0.05, 0.1) is 26.9 Å². The van der Waals surface area contributed by atoms with Gasteiger partial charge in [0.15, 0.2) is 11.5 Å². The van der Waals surface area contributed by atoms with Crippen molar-refractivity contribution in [2.45, 2.75) is 43.2 Å². The van der Waals surface area contributed by atoms with Crippen LogP contribution in [0.4, 0.5) is 4.39 Å². The molecular formula is C20H26FN3O10. The normalized spacial score (nSPS) is 27.8. The molecule has 7 N–H and O–H groups in total. The van der Waals surface area contributed by atoms with E-state index in [1.165, 1.54) is 32.2 Å². The Labute approximate surface area is 191 Å². The molecule has 2 aromatic rings. The van der Waals surface area contributed by atoms with Gasteiger partial charge in [-0.1, -0.05) is 13.0 Å². The Hall–Kier alpha value is -2.85. The van der Waals surface area contributed by atoms with Crippen molar-refractivity contribution >= 4 is 0 Å². The van der Waals surface area contributed by atoms with Gasteiger partial charge in [0.25, 0.3) is 5.56 Å². The maximum atomic E-state index is 13.2. The number of aromatic hydroxyl groups is 1. The van der Waals surface area contributed by atoms with Gasteiger partial charge in [0.2, 0.25) is 5.72 Å². The minimum atomic E-state index is -3.26. The summed E-state index contributed by atoms with van der Waals surface area (Å²) < 4.78 is 23.7. The summed E-state index contributed by atoms with van der Waals surface area (Å²) in [7, 11) is 1.28. The number of nitrogens with one attached hydrogen (secondary N) is 1. The zero-order chi connectivity index (χ0) is 25.4. The zero-order valence-electron chi connectivity index (χ0n) is 18.3. The summed E-state index contributed by atoms with van der Waals surface area (Å²) in [6, 6.07) is 3.86. The predicted molar refractivity (Wildman–Crippen MR) is 111 cm³/mol. The number of aliphatic hydroxyl groups is 4. The number of benzene rings is 1. The molecule has 1 unspecified atom stereocenters. The lowest BCUT2D eigenvalue weighted by Gasteiger charge is -2.42. The number of aliphatic hydroxyl groups excluding tert-OH is 2. The fraction of sp³-hybridized carbons (Fsp3) is 0.500. The summed E-state index contributed by atoms with van der Waals surface area (Å²) >= 11 is 0. The molecule has 1 aromatic heterocycles. The van der Waals surface area contributed by atoms with Crippen molar-refractivity contribution in [2.75, 3.05) is 20.4 Å². The van der Waals surface area contributed by atoms with Gasteiger partial charge in [-0.25, -0.2) is 9.36 Å². The highest BCUT2D eigenvalue weighted by molar-refractivity contribution is 5.41. The molecule has 13 nitrogen and oxygen atoms in total. The van der Waals surface area contributed by atoms with Crippen LogP contribution in [0.1, 0.15) is 24.0 Å². The van der Waals surface area contributed by atoms with Crippen molar-refractivity contribution in [3.05, 3.63) is 56.4 Å². The highest BCUT2D eigenvalue weighted by atomic mass is 19.1. The SMILES string of the molecule is COc1cc(CN(O)[C@@]2(O)[C@H](O)[C@@H](CO)O[C@]2(O)n2cc(C(C)CF)c(=O)[nH]c2=O)ccc1O. The quantitative estimate of drug-likeness (QED) is 0.165. The summed E-state index contributed by atoms with van der Waals surface area (Å²) in [5.74, 6) is -4.49. The van der Waals surface area contributed by atoms with Crippen LogP contribution in [0.15, 0.2) is 34.0 Å². The number of phenols is 1. The maximum absolute atomic E-state index is 13.2. The number of nitrogens with zero attached hydrogens (tertiary/aromatic N) is 2. The Morgan fingerprint density at radius 3 is 2.62 bits per heavy atom. The van der Waals surface area contributed by atoms with Gasteiger partial charge in [-0.05, 0) is 17.7 Å². The fourth-order valence-corrected chi connectivity index (χ4v) is 3.77. The highest BCUT2D eigenvalue weighted by Gasteiger charge is 2.70. The fourth-order valence-electron chi connectivity index (χ4n) is 3.77. The van der Waals surface area contributed by atoms with Crippen LogP contribution in [0.25, 0.3) is 0 Å². The molecule has 1 aliphatic heterocycles. The van der Waals surface area contributed by atoms with Crippen molar-refractivity contribution in [3.63, 3.8) is 0 Å². The molecule has 2 heterocycles. The molecule has 0 bridgehead atoms. The number of halogens is 1. The predicted octanol–water partition coefficient (Wildman–Crippen LogP) is -1.74. The van der Waals surface area contributed by atoms with E-state index in [2.05, 4.69) is 0 Å². The molecule has 188 valence electrons. The first-order valence-corrected chi connectivity index (χ1v) is 10.1. The lowest BCUT2D eigenvalue weighted by atomic mass is 9.99. The number of methoxy groups -OCH3 is 1. The minimum absolute atomic E-state index is 0.0197. The average molecular weight is 487 g/mol. The first-order chi connectivity index (χ1) is 15.9. The van der Waals surface area contributed by atoms with Crippen molar-refractivity contribution in [3.8, 4) is 11.5 Å². The molecular weight excluding hydrogens is 461 g/mol. The minimum Gasteiger partial charge on any atom is -0.504 e. The van der Waals surface area contributed by atoms with E-state index in [1.807, 2.05) is 4.98 Å². The van der Waals surface area contributed by atoms with E-state index >= 15 is 0 Å². The first kappa shape index (κ1) is 25.8. The number of hydroxylamine groups is 2. The third kappa shape index (κ3) is 3.98. The Bertz CT molecular complexity index is 1160. The molecule has 0 radical (unpaired) electrons. The zero-order valence-corrected chi connectivity index (χ0v) is 18.3. The van der Waals surface area contributed by atoms with Crippen LogP contribution in [-0.2, 0) is 17.2 Å². The smallest absolute Gasteiger partial charge is 0.332 e. The molecule has 14 heteroatoms. The van der Waals surface area contributed by atoms with Crippen molar-refractivity contribution in [1.29, 1.82) is 0 Å². The standard InChI is InChI=1S/C20H26FN3O10/c1-10(6-21)12-8-23(18(29)22-17(12)28)20(31)19(30,16(27)15(9-25)34-20)24(32)7-11-3-4-13(26)14(5-11)33-2/h3-5,8,10,15-16,25-27,30-32H,6-7,9H2,1-2H3,(H,22,28,29)/t10?,15-,16-,19-,20+/m1/s1. The molecule has 5 atom stereocenters. The highest BCUT2D eigenvalue weighted by Crippen LogP contribution is 2.43. The molecule has 34 heavy (non-hydrogen) atoms. The summed E-state index contributed by atoms with van der Waals surface area (Å²) in [4.78, 5) is 26.5. The Kier molecular flexibility index (Phi) is 7.14. The van der Waals surface area contributed by atoms with Crippen LogP contribution in [0.5, 0.6) is 11.5 Å². The number of aromatic nitrogens is 2. The molecule has 1 aromatic carbocycles. The average Bonchev–Trinajstić information content (AvgIpc) is 3.01. The van der Waals surface area contributed by atoms with Crippen LogP contribution in [0, 0.1) is 0 Å². The Morgan fingerprint density at radius 2 is 2.03 bits per heavy atom. The molecule has 1 fully saturated rings. The van der Waals surface area contributed by atoms with E-state index in [4.69, 9.17) is 9.47 Å². The molecule has 0 aliphatic carbocycles. The summed E-state index contributed by atoms with van der Waals surface area (Å²) in [5, 5.41) is 63.5. The van der Waals surface area contributed by atoms with Gasteiger partial charge in [0, 0.05) is 17.7 Å². The molecule has 0 amide bonds. The van der Waals surface area contributed by atoms with Crippen LogP contribution in [0.2, 0.25) is 0 Å². The number of H-pyrrole nitrogens is 1. The number of alkyl halides is 1. The van der Waals surface area contributed by atoms with E-state index in [9.17, 15) is 44.7 Å². The number of phenolic OH excluding ortho intramolecular Hbond substituents is 1. The molecule has 0 spiro atoms. The largest absolute Gasteiger partial charge is 0.504 e. The Morgan fingerprint density at radius 1 is 1.35 bits per heavy atom. The van der Waals surface area contributed by atoms with Gasteiger partial charge in [-0.3, -0.25) is 14.2 Å². The van der Waals surface area contributed by atoms with Gasteiger partial charge >= 0.3 is 11.6 Å². The second kappa shape index (κ2) is 9.42. The lowest BCUT2D eigenvalue weighted by molar-refractivity contribution is -0.413. The summed E-state index contributed by atoms with van der Waals surface area (Å²) in [5.41, 5.74) is -5.53. The molecule has 1 saturated heterocycles. The molecule has 3 rings (SSSR count). The van der Waals surface area contributed by atoms with Crippen LogP contribution >= 0.6 is 0 Å². The van der Waals surface area contributed by atoms with Crippen LogP contribution < -0.4 is 16.0 Å². The number of hydrogen-bond donors (Lipinski definition) is 7. The van der Waals surface area contributed by atoms with Crippen LogP contribution in [0.3, 0.4) is 0 Å². The monoisotopic (exact) mass is 487 g/mol. The van der Waals surface area contributed by atoms with Gasteiger partial charge < -0.3 is 40.2 Å². The number of hydrogen-bond acceptors (Lipinski definition) is 11. The molecule has 1 aliphatic rings. The van der Waals surface area contributed by atoms with E-state index in [1.54, 1.807) is 0 Å². The number of ether oxygens (including phenoxy) is 2. The topological polar surface area (TPSA) is 198 Å².